The van der Waals surface area contributed by atoms with Gasteiger partial charge < -0.3 is 0 Å². The third-order valence-corrected chi connectivity index (χ3v) is 41.3. The molecule has 3 saturated heterocycles. The summed E-state index contributed by atoms with van der Waals surface area (Å²) in [6, 6.07) is 7.37. The van der Waals surface area contributed by atoms with Crippen LogP contribution in [0.1, 0.15) is 406 Å². The van der Waals surface area contributed by atoms with Crippen LogP contribution in [0.3, 0.4) is 0 Å². The van der Waals surface area contributed by atoms with E-state index < -0.39 is 0 Å². The van der Waals surface area contributed by atoms with Crippen LogP contribution in [0.15, 0.2) is 0 Å². The zero-order valence-electron chi connectivity index (χ0n) is 72.9. The number of hydrogen-bond acceptors (Lipinski definition) is 3. The van der Waals surface area contributed by atoms with Crippen molar-refractivity contribution in [3.8, 4) is 0 Å². The molecule has 15 aliphatic carbocycles. The monoisotopic (exact) mass is 1450 g/mol. The van der Waals surface area contributed by atoms with E-state index >= 15 is 0 Å². The molecule has 0 aromatic carbocycles. The van der Waals surface area contributed by atoms with Crippen molar-refractivity contribution in [3.05, 3.63) is 0 Å². The lowest BCUT2D eigenvalue weighted by Crippen LogP contribution is -2.77. The minimum absolute atomic E-state index is 0.315. The van der Waals surface area contributed by atoms with Crippen LogP contribution in [0.4, 0.5) is 0 Å². The molecule has 106 heavy (non-hydrogen) atoms. The molecule has 600 valence electrons. The summed E-state index contributed by atoms with van der Waals surface area (Å²) in [6.07, 6.45) is 73.1. The Bertz CT molecular complexity index is 2830. The molecular formula is C102H174BN3. The molecule has 27 atom stereocenters. The smallest absolute Gasteiger partial charge is 0.156 e. The number of nitrogens with zero attached hydrogens (tertiary/aromatic N) is 3. The van der Waals surface area contributed by atoms with Crippen LogP contribution in [0.2, 0.25) is 17.5 Å². The van der Waals surface area contributed by atoms with E-state index in [1.807, 2.05) is 0 Å². The van der Waals surface area contributed by atoms with Crippen LogP contribution in [-0.2, 0) is 0 Å². The van der Waals surface area contributed by atoms with Gasteiger partial charge in [-0.05, 0) is 315 Å². The Morgan fingerprint density at radius 1 is 0.208 bits per heavy atom. The maximum atomic E-state index is 3.99. The quantitative estimate of drug-likeness (QED) is 0.224. The Balaban J connectivity index is 0.834. The van der Waals surface area contributed by atoms with Crippen LogP contribution in [-0.4, -0.2) is 75.8 Å². The first kappa shape index (κ1) is 77.2. The molecule has 27 unspecified atom stereocenters. The van der Waals surface area contributed by atoms with Gasteiger partial charge >= 0.3 is 0 Å². The van der Waals surface area contributed by atoms with Crippen molar-refractivity contribution < 1.29 is 0 Å². The second kappa shape index (κ2) is 30.1. The predicted octanol–water partition coefficient (Wildman–Crippen LogP) is 27.8. The molecule has 3 nitrogen and oxygen atoms in total. The molecule has 3 aliphatic heterocycles. The molecule has 18 rings (SSSR count). The Morgan fingerprint density at radius 3 is 1.03 bits per heavy atom. The van der Waals surface area contributed by atoms with Gasteiger partial charge in [0.25, 0.3) is 0 Å². The second-order valence-corrected chi connectivity index (χ2v) is 50.6. The number of likely N-dealkylation sites (tertiary alicyclic amines) is 1. The first-order valence-corrected chi connectivity index (χ1v) is 50.1. The Morgan fingerprint density at radius 2 is 0.575 bits per heavy atom. The minimum atomic E-state index is 0.315. The molecule has 4 heteroatoms. The maximum Gasteiger partial charge on any atom is 0.156 e. The average Bonchev–Trinajstić information content (AvgIpc) is 0.721. The van der Waals surface area contributed by atoms with E-state index in [1.165, 1.54) is 103 Å². The normalized spacial score (nSPS) is 48.8. The summed E-state index contributed by atoms with van der Waals surface area (Å²) >= 11 is 0. The third kappa shape index (κ3) is 14.2. The molecule has 0 spiro atoms. The zero-order chi connectivity index (χ0) is 73.3. The summed E-state index contributed by atoms with van der Waals surface area (Å²) < 4.78 is 0. The average molecular weight is 1450 g/mol. The molecule has 3 heterocycles. The summed E-state index contributed by atoms with van der Waals surface area (Å²) in [5, 5.41) is 0. The largest absolute Gasteiger partial charge is 0.295 e. The fourth-order valence-electron chi connectivity index (χ4n) is 36.4. The molecular weight excluding hydrogens is 1280 g/mol. The van der Waals surface area contributed by atoms with Crippen molar-refractivity contribution in [1.82, 2.24) is 14.7 Å². The molecule has 18 aliphatic rings. The van der Waals surface area contributed by atoms with Gasteiger partial charge in [0.1, 0.15) is 0 Å². The Kier molecular flexibility index (Phi) is 22.0. The predicted molar refractivity (Wildman–Crippen MR) is 451 cm³/mol. The summed E-state index contributed by atoms with van der Waals surface area (Å²) in [7, 11) is 0. The van der Waals surface area contributed by atoms with Gasteiger partial charge in [-0.3, -0.25) is 14.7 Å². The van der Waals surface area contributed by atoms with E-state index in [-0.39, 0.29) is 0 Å². The van der Waals surface area contributed by atoms with Crippen LogP contribution >= 0.6 is 0 Å². The molecule has 15 saturated carbocycles. The first-order valence-electron chi connectivity index (χ1n) is 50.1. The van der Waals surface area contributed by atoms with Crippen molar-refractivity contribution in [3.63, 3.8) is 0 Å². The van der Waals surface area contributed by atoms with Gasteiger partial charge in [0, 0.05) is 54.4 Å². The van der Waals surface area contributed by atoms with Gasteiger partial charge in [-0.1, -0.05) is 271 Å². The van der Waals surface area contributed by atoms with Gasteiger partial charge in [0.05, 0.1) is 0 Å². The molecule has 18 fully saturated rings. The lowest BCUT2D eigenvalue weighted by atomic mass is 9.18. The van der Waals surface area contributed by atoms with Crippen molar-refractivity contribution in [1.29, 1.82) is 0 Å². The summed E-state index contributed by atoms with van der Waals surface area (Å²) in [6.45, 7) is 42.3. The van der Waals surface area contributed by atoms with E-state index in [9.17, 15) is 0 Å². The van der Waals surface area contributed by atoms with E-state index in [2.05, 4.69) is 119 Å². The summed E-state index contributed by atoms with van der Waals surface area (Å²) in [4.78, 5) is 11.5. The highest BCUT2D eigenvalue weighted by molar-refractivity contribution is 6.65. The Labute approximate surface area is 658 Å². The van der Waals surface area contributed by atoms with Gasteiger partial charge in [-0.15, -0.1) is 0 Å². The highest BCUT2D eigenvalue weighted by Gasteiger charge is 2.71. The molecule has 0 bridgehead atoms. The van der Waals surface area contributed by atoms with Crippen molar-refractivity contribution in [2.24, 2.45) is 163 Å². The summed E-state index contributed by atoms with van der Waals surface area (Å²) in [5.74, 6) is 24.4. The van der Waals surface area contributed by atoms with Crippen LogP contribution in [0.25, 0.3) is 0 Å². The number of rotatable bonds is 8. The zero-order valence-corrected chi connectivity index (χ0v) is 72.9. The van der Waals surface area contributed by atoms with E-state index in [0.29, 0.717) is 27.1 Å². The summed E-state index contributed by atoms with van der Waals surface area (Å²) in [5.41, 5.74) is 1.94. The van der Waals surface area contributed by atoms with Crippen LogP contribution in [0.5, 0.6) is 0 Å². The standard InChI is InChI=1S/C102H174BN3/c1-98(2,3)71-50-68-44-45-69-51-72(99(4,5)6)59-84-79(53-70(52-71)93(68)94(69)84)67-46-49-89-86(54-67)103-85-48-47-76(104-87-42-30-28-40-77(87)78-41-29-31-43-88(78)104)62-90(85)106(97-82(65-36-24-18-25-37-65)57-74(101(10,11)12)58-83(97)66-38-26-19-27-39-66)92-61-75(102(13,14)15)60-91(95(92)103)105(89)96-80(63-32-20-16-21-33-63)55-73(100(7,8)9)56-81(96)64-34-22-17-23-35-64/h63-97H,16-62H2,1-15H3. The maximum absolute atomic E-state index is 3.99. The van der Waals surface area contributed by atoms with E-state index in [1.54, 1.807) is 199 Å². The minimum Gasteiger partial charge on any atom is -0.295 e. The van der Waals surface area contributed by atoms with Crippen molar-refractivity contribution in [2.75, 3.05) is 0 Å². The molecule has 0 amide bonds. The highest BCUT2D eigenvalue weighted by Crippen LogP contribution is 2.72. The second-order valence-electron chi connectivity index (χ2n) is 50.6. The van der Waals surface area contributed by atoms with E-state index in [4.69, 9.17) is 0 Å². The number of hydrogen-bond donors (Lipinski definition) is 0. The SMILES string of the molecule is CC(C)(C)C1CC2CCC3CC(C(C)(C)C)CC4C(C5CCC6C(C5)B5C7CCC(N8C9CCCCC9C9CCCCC98)CC7N(C7C(C8CCCCC8)CC(C(C)(C)C)CC7C7CCCCC7)C7CC(C(C)(C)C)CC(C57)N6C5C(C6CCCCC6)CC(C(C)(C)C)CC5C5CCCCC5)CC(C1)C2C34. The van der Waals surface area contributed by atoms with Gasteiger partial charge in [-0.2, -0.15) is 0 Å². The van der Waals surface area contributed by atoms with Gasteiger partial charge in [-0.25, -0.2) is 0 Å². The fraction of sp³-hybridized carbons (Fsp3) is 1.00. The topological polar surface area (TPSA) is 9.72 Å². The lowest BCUT2D eigenvalue weighted by molar-refractivity contribution is -0.159. The number of fused-ring (bicyclic) bond motifs is 7. The van der Waals surface area contributed by atoms with E-state index in [0.717, 1.165) is 215 Å². The fourth-order valence-corrected chi connectivity index (χ4v) is 36.4. The Hall–Kier alpha value is -0.0551. The molecule has 0 N–H and O–H groups in total. The van der Waals surface area contributed by atoms with Crippen molar-refractivity contribution >= 4 is 6.71 Å². The first-order chi connectivity index (χ1) is 50.7. The lowest BCUT2D eigenvalue weighted by Gasteiger charge is -2.73. The van der Waals surface area contributed by atoms with Crippen LogP contribution in [0, 0.1) is 163 Å². The van der Waals surface area contributed by atoms with Gasteiger partial charge in [0.15, 0.2) is 6.71 Å². The third-order valence-electron chi connectivity index (χ3n) is 41.3. The molecule has 0 radical (unpaired) electrons. The highest BCUT2D eigenvalue weighted by atomic mass is 15.3. The van der Waals surface area contributed by atoms with Crippen LogP contribution < -0.4 is 0 Å². The molecule has 0 aromatic rings. The van der Waals surface area contributed by atoms with Gasteiger partial charge in [0.2, 0.25) is 0 Å². The molecule has 0 aromatic heterocycles. The van der Waals surface area contributed by atoms with Crippen molar-refractivity contribution in [2.45, 2.75) is 477 Å².